The Morgan fingerprint density at radius 1 is 1.04 bits per heavy atom. The highest BCUT2D eigenvalue weighted by Crippen LogP contribution is 2.31. The lowest BCUT2D eigenvalue weighted by atomic mass is 10.2. The predicted molar refractivity (Wildman–Crippen MR) is 98.6 cm³/mol. The van der Waals surface area contributed by atoms with Gasteiger partial charge in [-0.15, -0.1) is 16.9 Å². The summed E-state index contributed by atoms with van der Waals surface area (Å²) in [6, 6.07) is 16.2. The number of hydrogen-bond donors (Lipinski definition) is 0. The van der Waals surface area contributed by atoms with Crippen molar-refractivity contribution >= 4 is 30.1 Å². The first-order valence-electron chi connectivity index (χ1n) is 7.55. The van der Waals surface area contributed by atoms with Crippen molar-refractivity contribution in [1.29, 1.82) is 0 Å². The molecule has 0 spiro atoms. The molecule has 4 rings (SSSR count). The van der Waals surface area contributed by atoms with E-state index in [1.807, 2.05) is 36.4 Å². The van der Waals surface area contributed by atoms with E-state index in [0.29, 0.717) is 5.82 Å². The Morgan fingerprint density at radius 2 is 1.88 bits per heavy atom. The van der Waals surface area contributed by atoms with Crippen LogP contribution >= 0.6 is 11.8 Å². The Labute approximate surface area is 144 Å². The van der Waals surface area contributed by atoms with Crippen LogP contribution in [-0.4, -0.2) is 21.0 Å². The van der Waals surface area contributed by atoms with E-state index in [-0.39, 0.29) is 0 Å². The third-order valence-corrected chi connectivity index (χ3v) is 4.46. The van der Waals surface area contributed by atoms with E-state index in [4.69, 9.17) is 4.74 Å². The van der Waals surface area contributed by atoms with Crippen molar-refractivity contribution in [3.05, 3.63) is 66.2 Å². The highest BCUT2D eigenvalue weighted by atomic mass is 32.2. The zero-order chi connectivity index (χ0) is 16.4. The molecule has 0 saturated carbocycles. The molecule has 0 unspecified atom stereocenters. The smallest absolute Gasteiger partial charge is 0.175 e. The van der Waals surface area contributed by atoms with Crippen LogP contribution in [0.5, 0.6) is 5.75 Å². The largest absolute Gasteiger partial charge is 0.463 e. The van der Waals surface area contributed by atoms with Gasteiger partial charge in [0.25, 0.3) is 0 Å². The van der Waals surface area contributed by atoms with E-state index in [9.17, 15) is 0 Å². The third kappa shape index (κ3) is 2.86. The summed E-state index contributed by atoms with van der Waals surface area (Å²) in [6.45, 7) is 0. The van der Waals surface area contributed by atoms with E-state index in [0.717, 1.165) is 22.7 Å². The zero-order valence-electron chi connectivity index (χ0n) is 13.1. The molecule has 2 aromatic carbocycles. The lowest BCUT2D eigenvalue weighted by Gasteiger charge is -2.02. The van der Waals surface area contributed by atoms with Gasteiger partial charge in [0.15, 0.2) is 11.6 Å². The quantitative estimate of drug-likeness (QED) is 0.654. The monoisotopic (exact) mass is 333 g/mol. The first-order valence-corrected chi connectivity index (χ1v) is 8.77. The van der Waals surface area contributed by atoms with Crippen LogP contribution in [0.15, 0.2) is 59.7 Å². The minimum Gasteiger partial charge on any atom is -0.463 e. The standard InChI is InChI=1S/C19H15N3OS/c1-24-15-9-6-14(7-10-15)8-11-18-20-19-16-4-2-3-5-17(16)23-13-12-22(19)21-18/h2-13H,1H3/b11-8+. The molecule has 0 saturated heterocycles. The third-order valence-electron chi connectivity index (χ3n) is 3.71. The van der Waals surface area contributed by atoms with E-state index in [1.54, 1.807) is 28.9 Å². The number of aromatic nitrogens is 3. The average Bonchev–Trinajstić information content (AvgIpc) is 2.96. The van der Waals surface area contributed by atoms with E-state index in [2.05, 4.69) is 40.6 Å². The van der Waals surface area contributed by atoms with Gasteiger partial charge in [-0.3, -0.25) is 0 Å². The molecule has 5 heteroatoms. The molecule has 0 amide bonds. The van der Waals surface area contributed by atoms with E-state index < -0.39 is 0 Å². The van der Waals surface area contributed by atoms with Gasteiger partial charge < -0.3 is 4.74 Å². The molecule has 1 aromatic heterocycles. The minimum atomic E-state index is 0.667. The number of benzene rings is 2. The van der Waals surface area contributed by atoms with Gasteiger partial charge >= 0.3 is 0 Å². The molecular formula is C19H15N3OS. The second-order valence-corrected chi connectivity index (χ2v) is 6.12. The summed E-state index contributed by atoms with van der Waals surface area (Å²) in [5.74, 6) is 2.22. The van der Waals surface area contributed by atoms with E-state index in [1.165, 1.54) is 4.90 Å². The molecule has 4 nitrogen and oxygen atoms in total. The maximum atomic E-state index is 5.58. The molecule has 1 aliphatic rings. The van der Waals surface area contributed by atoms with Crippen LogP contribution in [0.2, 0.25) is 0 Å². The number of ether oxygens (including phenoxy) is 1. The maximum absolute atomic E-state index is 5.58. The molecule has 2 heterocycles. The van der Waals surface area contributed by atoms with Crippen LogP contribution in [0.3, 0.4) is 0 Å². The molecular weight excluding hydrogens is 318 g/mol. The summed E-state index contributed by atoms with van der Waals surface area (Å²) in [6.07, 6.45) is 9.41. The first kappa shape index (κ1) is 14.8. The second-order valence-electron chi connectivity index (χ2n) is 5.24. The number of fused-ring (bicyclic) bond motifs is 3. The van der Waals surface area contributed by atoms with Crippen molar-refractivity contribution < 1.29 is 4.74 Å². The number of para-hydroxylation sites is 1. The summed E-state index contributed by atoms with van der Waals surface area (Å²) in [7, 11) is 0. The van der Waals surface area contributed by atoms with Crippen molar-refractivity contribution in [2.45, 2.75) is 4.90 Å². The van der Waals surface area contributed by atoms with Crippen LogP contribution in [0, 0.1) is 0 Å². The SMILES string of the molecule is CSc1ccc(/C=C/c2nc3n(n2)C=COc2ccccc2-3)cc1. The molecule has 0 aliphatic carbocycles. The molecule has 0 fully saturated rings. The van der Waals surface area contributed by atoms with Crippen molar-refractivity contribution in [2.75, 3.05) is 6.26 Å². The molecule has 0 radical (unpaired) electrons. The fraction of sp³-hybridized carbons (Fsp3) is 0.0526. The molecule has 0 bridgehead atoms. The molecule has 118 valence electrons. The Morgan fingerprint density at radius 3 is 2.71 bits per heavy atom. The van der Waals surface area contributed by atoms with Crippen molar-refractivity contribution in [2.24, 2.45) is 0 Å². The van der Waals surface area contributed by atoms with Gasteiger partial charge in [0.1, 0.15) is 12.0 Å². The summed E-state index contributed by atoms with van der Waals surface area (Å²) in [5.41, 5.74) is 2.05. The Hall–Kier alpha value is -2.79. The van der Waals surface area contributed by atoms with Gasteiger partial charge in [-0.25, -0.2) is 9.67 Å². The van der Waals surface area contributed by atoms with Gasteiger partial charge in [-0.1, -0.05) is 30.3 Å². The van der Waals surface area contributed by atoms with Gasteiger partial charge in [0, 0.05) is 4.90 Å². The Bertz CT molecular complexity index is 926. The van der Waals surface area contributed by atoms with Crippen molar-refractivity contribution in [3.8, 4) is 17.1 Å². The van der Waals surface area contributed by atoms with Crippen molar-refractivity contribution in [1.82, 2.24) is 14.8 Å². The molecule has 24 heavy (non-hydrogen) atoms. The number of rotatable bonds is 3. The number of thioether (sulfide) groups is 1. The molecule has 3 aromatic rings. The summed E-state index contributed by atoms with van der Waals surface area (Å²) < 4.78 is 7.32. The fourth-order valence-electron chi connectivity index (χ4n) is 2.50. The van der Waals surface area contributed by atoms with Gasteiger partial charge in [0.2, 0.25) is 0 Å². The maximum Gasteiger partial charge on any atom is 0.175 e. The first-order chi connectivity index (χ1) is 11.8. The minimum absolute atomic E-state index is 0.667. The zero-order valence-corrected chi connectivity index (χ0v) is 13.9. The molecule has 0 atom stereocenters. The second kappa shape index (κ2) is 6.37. The van der Waals surface area contributed by atoms with Crippen LogP contribution in [0.4, 0.5) is 0 Å². The Balaban J connectivity index is 1.66. The lowest BCUT2D eigenvalue weighted by molar-refractivity contribution is 0.487. The highest BCUT2D eigenvalue weighted by molar-refractivity contribution is 7.98. The summed E-state index contributed by atoms with van der Waals surface area (Å²) >= 11 is 1.73. The summed E-state index contributed by atoms with van der Waals surface area (Å²) in [4.78, 5) is 5.88. The Kier molecular flexibility index (Phi) is 3.92. The van der Waals surface area contributed by atoms with Gasteiger partial charge in [-0.2, -0.15) is 0 Å². The number of hydrogen-bond acceptors (Lipinski definition) is 4. The summed E-state index contributed by atoms with van der Waals surface area (Å²) in [5, 5.41) is 4.51. The fourth-order valence-corrected chi connectivity index (χ4v) is 2.91. The molecule has 1 aliphatic heterocycles. The number of nitrogens with zero attached hydrogens (tertiary/aromatic N) is 3. The highest BCUT2D eigenvalue weighted by Gasteiger charge is 2.15. The normalized spacial score (nSPS) is 12.5. The molecule has 0 N–H and O–H groups in total. The van der Waals surface area contributed by atoms with Gasteiger partial charge in [0.05, 0.1) is 11.8 Å². The van der Waals surface area contributed by atoms with Crippen LogP contribution in [0.1, 0.15) is 11.4 Å². The van der Waals surface area contributed by atoms with E-state index >= 15 is 0 Å². The van der Waals surface area contributed by atoms with Crippen LogP contribution < -0.4 is 4.74 Å². The van der Waals surface area contributed by atoms with Crippen LogP contribution in [-0.2, 0) is 0 Å². The van der Waals surface area contributed by atoms with Gasteiger partial charge in [-0.05, 0) is 42.2 Å². The topological polar surface area (TPSA) is 39.9 Å². The van der Waals surface area contributed by atoms with Crippen LogP contribution in [0.25, 0.3) is 29.7 Å². The predicted octanol–water partition coefficient (Wildman–Crippen LogP) is 4.66. The lowest BCUT2D eigenvalue weighted by Crippen LogP contribution is -1.91. The average molecular weight is 333 g/mol. The van der Waals surface area contributed by atoms with Crippen molar-refractivity contribution in [3.63, 3.8) is 0 Å².